The quantitative estimate of drug-likeness (QED) is 0.711. The monoisotopic (exact) mass is 370 g/mol. The fourth-order valence-electron chi connectivity index (χ4n) is 2.97. The number of halogens is 1. The van der Waals surface area contributed by atoms with E-state index in [-0.39, 0.29) is 0 Å². The van der Waals surface area contributed by atoms with Crippen molar-refractivity contribution in [2.24, 2.45) is 0 Å². The van der Waals surface area contributed by atoms with E-state index >= 15 is 0 Å². The number of likely N-dealkylation sites (tertiary alicyclic amines) is 1. The normalized spacial score (nSPS) is 21.9. The van der Waals surface area contributed by atoms with Gasteiger partial charge in [0.25, 0.3) is 0 Å². The van der Waals surface area contributed by atoms with Crippen molar-refractivity contribution in [3.63, 3.8) is 0 Å². The van der Waals surface area contributed by atoms with Gasteiger partial charge < -0.3 is 15.5 Å². The Morgan fingerprint density at radius 3 is 3.00 bits per heavy atom. The molecule has 3 nitrogen and oxygen atoms in total. The molecule has 116 valence electrons. The first-order valence-corrected chi connectivity index (χ1v) is 8.96. The van der Waals surface area contributed by atoms with E-state index in [1.165, 1.54) is 44.5 Å². The van der Waals surface area contributed by atoms with Crippen molar-refractivity contribution < 1.29 is 4.90 Å². The van der Waals surface area contributed by atoms with Crippen LogP contribution in [0.25, 0.3) is 0 Å². The number of piperidine rings is 1. The zero-order chi connectivity index (χ0) is 15.2. The van der Waals surface area contributed by atoms with Gasteiger partial charge in [-0.25, -0.2) is 0 Å². The number of hydrogen-bond acceptors (Lipinski definition) is 1. The lowest BCUT2D eigenvalue weighted by molar-refractivity contribution is -0.906. The Morgan fingerprint density at radius 2 is 2.29 bits per heavy atom. The third kappa shape index (κ3) is 5.24. The maximum absolute atomic E-state index is 5.47. The average molecular weight is 371 g/mol. The molecule has 1 heterocycles. The molecule has 0 bridgehead atoms. The summed E-state index contributed by atoms with van der Waals surface area (Å²) in [7, 11) is 0. The van der Waals surface area contributed by atoms with Crippen LogP contribution in [0.2, 0.25) is 0 Å². The van der Waals surface area contributed by atoms with Gasteiger partial charge >= 0.3 is 0 Å². The summed E-state index contributed by atoms with van der Waals surface area (Å²) in [6.07, 6.45) is 3.75. The number of rotatable bonds is 4. The Kier molecular flexibility index (Phi) is 6.45. The molecule has 3 N–H and O–H groups in total. The van der Waals surface area contributed by atoms with Gasteiger partial charge in [-0.05, 0) is 62.2 Å². The Morgan fingerprint density at radius 1 is 1.48 bits per heavy atom. The molecule has 1 aromatic carbocycles. The number of thiocarbonyl (C=S) groups is 1. The fourth-order valence-corrected chi connectivity index (χ4v) is 3.72. The Balaban J connectivity index is 1.86. The first-order chi connectivity index (χ1) is 10.1. The van der Waals surface area contributed by atoms with Crippen LogP contribution in [0.5, 0.6) is 0 Å². The minimum absolute atomic E-state index is 0.496. The van der Waals surface area contributed by atoms with E-state index in [1.54, 1.807) is 4.90 Å². The molecule has 1 aliphatic heterocycles. The third-order valence-corrected chi connectivity index (χ3v) is 4.71. The van der Waals surface area contributed by atoms with Crippen LogP contribution in [0.1, 0.15) is 31.7 Å². The van der Waals surface area contributed by atoms with E-state index in [9.17, 15) is 0 Å². The first-order valence-electron chi connectivity index (χ1n) is 7.75. The minimum atomic E-state index is 0.496. The van der Waals surface area contributed by atoms with Crippen LogP contribution in [0.15, 0.2) is 22.7 Å². The van der Waals surface area contributed by atoms with Crippen molar-refractivity contribution in [2.45, 2.75) is 39.2 Å². The second-order valence-corrected chi connectivity index (χ2v) is 7.17. The first kappa shape index (κ1) is 16.7. The smallest absolute Gasteiger partial charge is 0.171 e. The number of anilines is 1. The number of benzene rings is 1. The molecular weight excluding hydrogens is 346 g/mol. The van der Waals surface area contributed by atoms with E-state index in [0.29, 0.717) is 6.04 Å². The minimum Gasteiger partial charge on any atom is -0.354 e. The molecule has 0 amide bonds. The van der Waals surface area contributed by atoms with Gasteiger partial charge in [-0.1, -0.05) is 22.9 Å². The number of nitrogens with one attached hydrogen (secondary N) is 3. The summed E-state index contributed by atoms with van der Waals surface area (Å²) >= 11 is 8.95. The van der Waals surface area contributed by atoms with E-state index < -0.39 is 0 Å². The highest BCUT2D eigenvalue weighted by atomic mass is 79.9. The van der Waals surface area contributed by atoms with E-state index in [1.807, 2.05) is 6.07 Å². The summed E-state index contributed by atoms with van der Waals surface area (Å²) in [5.41, 5.74) is 2.26. The molecule has 0 radical (unpaired) electrons. The van der Waals surface area contributed by atoms with Gasteiger partial charge in [-0.3, -0.25) is 0 Å². The highest BCUT2D eigenvalue weighted by Gasteiger charge is 2.22. The van der Waals surface area contributed by atoms with Gasteiger partial charge in [0, 0.05) is 10.2 Å². The molecule has 1 aromatic rings. The summed E-state index contributed by atoms with van der Waals surface area (Å²) in [6, 6.07) is 6.68. The lowest BCUT2D eigenvalue weighted by Crippen LogP contribution is -3.14. The lowest BCUT2D eigenvalue weighted by atomic mass is 10.1. The van der Waals surface area contributed by atoms with Crippen LogP contribution in [0.4, 0.5) is 5.69 Å². The molecule has 0 aliphatic carbocycles. The van der Waals surface area contributed by atoms with E-state index in [4.69, 9.17) is 12.2 Å². The summed E-state index contributed by atoms with van der Waals surface area (Å²) in [5, 5.41) is 7.55. The van der Waals surface area contributed by atoms with Crippen molar-refractivity contribution in [3.05, 3.63) is 28.2 Å². The molecule has 1 unspecified atom stereocenters. The standard InChI is InChI=1S/C16H24BrN3S/c1-3-8-20-9-4-5-14(11-20)18-16(21)19-15-7-6-13(17)10-12(15)2/h6-7,10,14H,3-5,8-9,11H2,1-2H3,(H2,18,19,21)/p+1/t14-/m0/s1. The molecular formula is C16H25BrN3S+. The largest absolute Gasteiger partial charge is 0.354 e. The summed E-state index contributed by atoms with van der Waals surface area (Å²) < 4.78 is 1.09. The number of quaternary nitrogens is 1. The summed E-state index contributed by atoms with van der Waals surface area (Å²) in [6.45, 7) is 8.09. The Hall–Kier alpha value is -0.650. The van der Waals surface area contributed by atoms with Gasteiger partial charge in [0.05, 0.1) is 25.7 Å². The van der Waals surface area contributed by atoms with Gasteiger partial charge in [0.1, 0.15) is 0 Å². The molecule has 2 atom stereocenters. The van der Waals surface area contributed by atoms with Crippen molar-refractivity contribution in [2.75, 3.05) is 25.0 Å². The topological polar surface area (TPSA) is 28.5 Å². The fraction of sp³-hybridized carbons (Fsp3) is 0.562. The van der Waals surface area contributed by atoms with Crippen LogP contribution >= 0.6 is 28.1 Å². The van der Waals surface area contributed by atoms with Gasteiger partial charge in [-0.2, -0.15) is 0 Å². The molecule has 0 spiro atoms. The van der Waals surface area contributed by atoms with Crippen LogP contribution in [0.3, 0.4) is 0 Å². The second kappa shape index (κ2) is 8.11. The van der Waals surface area contributed by atoms with Crippen molar-refractivity contribution in [3.8, 4) is 0 Å². The summed E-state index contributed by atoms with van der Waals surface area (Å²) in [5.74, 6) is 0. The maximum Gasteiger partial charge on any atom is 0.171 e. The van der Waals surface area contributed by atoms with Crippen molar-refractivity contribution in [1.29, 1.82) is 0 Å². The maximum atomic E-state index is 5.47. The van der Waals surface area contributed by atoms with E-state index in [0.717, 1.165) is 15.3 Å². The third-order valence-electron chi connectivity index (χ3n) is 3.99. The zero-order valence-electron chi connectivity index (χ0n) is 12.8. The molecule has 2 rings (SSSR count). The van der Waals surface area contributed by atoms with Gasteiger partial charge in [-0.15, -0.1) is 0 Å². The predicted molar refractivity (Wildman–Crippen MR) is 97.1 cm³/mol. The van der Waals surface area contributed by atoms with Gasteiger partial charge in [0.2, 0.25) is 0 Å². The molecule has 1 aliphatic rings. The van der Waals surface area contributed by atoms with Crippen LogP contribution in [-0.2, 0) is 0 Å². The Bertz CT molecular complexity index is 490. The lowest BCUT2D eigenvalue weighted by Gasteiger charge is -2.31. The SMILES string of the molecule is CCC[NH+]1CCC[C@H](NC(=S)Nc2ccc(Br)cc2C)C1. The van der Waals surface area contributed by atoms with Crippen molar-refractivity contribution >= 4 is 38.9 Å². The van der Waals surface area contributed by atoms with Crippen LogP contribution in [-0.4, -0.2) is 30.8 Å². The number of aryl methyl sites for hydroxylation is 1. The van der Waals surface area contributed by atoms with E-state index in [2.05, 4.69) is 52.5 Å². The van der Waals surface area contributed by atoms with Gasteiger partial charge in [0.15, 0.2) is 5.11 Å². The molecule has 1 saturated heterocycles. The van der Waals surface area contributed by atoms with Crippen LogP contribution < -0.4 is 15.5 Å². The molecule has 5 heteroatoms. The molecule has 0 aromatic heterocycles. The molecule has 21 heavy (non-hydrogen) atoms. The predicted octanol–water partition coefficient (Wildman–Crippen LogP) is 2.50. The second-order valence-electron chi connectivity index (χ2n) is 5.85. The number of hydrogen-bond donors (Lipinski definition) is 3. The highest BCUT2D eigenvalue weighted by Crippen LogP contribution is 2.19. The van der Waals surface area contributed by atoms with Crippen LogP contribution in [0, 0.1) is 6.92 Å². The molecule has 0 saturated carbocycles. The zero-order valence-corrected chi connectivity index (χ0v) is 15.2. The Labute approximate surface area is 141 Å². The average Bonchev–Trinajstić information content (AvgIpc) is 2.43. The molecule has 1 fully saturated rings. The summed E-state index contributed by atoms with van der Waals surface area (Å²) in [4.78, 5) is 1.70. The highest BCUT2D eigenvalue weighted by molar-refractivity contribution is 9.10. The van der Waals surface area contributed by atoms with Crippen molar-refractivity contribution in [1.82, 2.24) is 5.32 Å².